The number of carboxylic acids is 1. The Kier molecular flexibility index (Phi) is 5.19. The normalized spacial score (nSPS) is 11.7. The highest BCUT2D eigenvalue weighted by molar-refractivity contribution is 6.74. The lowest BCUT2D eigenvalue weighted by Crippen LogP contribution is -2.44. The summed E-state index contributed by atoms with van der Waals surface area (Å²) in [5.41, 5.74) is 0.427. The van der Waals surface area contributed by atoms with E-state index in [0.29, 0.717) is 11.4 Å². The third-order valence-corrected chi connectivity index (χ3v) is 8.18. The fraction of sp³-hybridized carbons (Fsp3) is 0.375. The van der Waals surface area contributed by atoms with Gasteiger partial charge in [0.05, 0.1) is 11.3 Å². The summed E-state index contributed by atoms with van der Waals surface area (Å²) in [5.74, 6) is -0.998. The number of carbonyl (C=O) groups is 2. The molecule has 6 heteroatoms. The van der Waals surface area contributed by atoms with Gasteiger partial charge in [-0.1, -0.05) is 27.4 Å². The topological polar surface area (TPSA) is 75.6 Å². The second kappa shape index (κ2) is 6.35. The van der Waals surface area contributed by atoms with E-state index in [2.05, 4.69) is 45.8 Å². The SMILES string of the molecule is C=CC(=O)Nc1cc(C(=O)O)ccc1O[Si](C)(C)C(C)(C)C. The van der Waals surface area contributed by atoms with Crippen molar-refractivity contribution >= 4 is 25.9 Å². The number of benzene rings is 1. The summed E-state index contributed by atoms with van der Waals surface area (Å²) in [6, 6.07) is 4.45. The Morgan fingerprint density at radius 1 is 1.32 bits per heavy atom. The Morgan fingerprint density at radius 3 is 2.36 bits per heavy atom. The van der Waals surface area contributed by atoms with E-state index in [9.17, 15) is 9.59 Å². The molecule has 1 rings (SSSR count). The van der Waals surface area contributed by atoms with Crippen LogP contribution in [0.5, 0.6) is 5.75 Å². The van der Waals surface area contributed by atoms with E-state index in [1.807, 2.05) is 0 Å². The Hall–Kier alpha value is -2.08. The van der Waals surface area contributed by atoms with Crippen molar-refractivity contribution in [3.63, 3.8) is 0 Å². The minimum Gasteiger partial charge on any atom is -0.542 e. The smallest absolute Gasteiger partial charge is 0.335 e. The molecule has 1 aromatic carbocycles. The van der Waals surface area contributed by atoms with Gasteiger partial charge in [-0.15, -0.1) is 0 Å². The summed E-state index contributed by atoms with van der Waals surface area (Å²) < 4.78 is 6.17. The van der Waals surface area contributed by atoms with Crippen molar-refractivity contribution in [2.45, 2.75) is 38.9 Å². The van der Waals surface area contributed by atoms with Crippen LogP contribution in [0.3, 0.4) is 0 Å². The van der Waals surface area contributed by atoms with Crippen LogP contribution >= 0.6 is 0 Å². The molecule has 120 valence electrons. The lowest BCUT2D eigenvalue weighted by molar-refractivity contribution is -0.111. The fourth-order valence-corrected chi connectivity index (χ4v) is 2.50. The molecular formula is C16H23NO4Si. The zero-order valence-electron chi connectivity index (χ0n) is 13.7. The van der Waals surface area contributed by atoms with E-state index in [0.717, 1.165) is 6.08 Å². The van der Waals surface area contributed by atoms with Gasteiger partial charge in [-0.3, -0.25) is 4.79 Å². The molecule has 0 aromatic heterocycles. The maximum atomic E-state index is 11.6. The number of hydrogen-bond acceptors (Lipinski definition) is 3. The second-order valence-electron chi connectivity index (χ2n) is 6.57. The molecule has 0 atom stereocenters. The average molecular weight is 321 g/mol. The molecule has 0 unspecified atom stereocenters. The Morgan fingerprint density at radius 2 is 1.91 bits per heavy atom. The number of nitrogens with one attached hydrogen (secondary N) is 1. The highest BCUT2D eigenvalue weighted by atomic mass is 28.4. The first-order chi connectivity index (χ1) is 9.98. The molecule has 22 heavy (non-hydrogen) atoms. The molecule has 0 bridgehead atoms. The van der Waals surface area contributed by atoms with Crippen molar-refractivity contribution in [1.29, 1.82) is 0 Å². The summed E-state index contributed by atoms with van der Waals surface area (Å²) in [5, 5.41) is 11.7. The first-order valence-corrected chi connectivity index (χ1v) is 9.88. The summed E-state index contributed by atoms with van der Waals surface area (Å²) in [6.07, 6.45) is 1.13. The number of carbonyl (C=O) groups excluding carboxylic acids is 1. The zero-order chi connectivity index (χ0) is 17.1. The van der Waals surface area contributed by atoms with E-state index < -0.39 is 20.2 Å². The van der Waals surface area contributed by atoms with E-state index in [1.54, 1.807) is 6.07 Å². The number of amides is 1. The van der Waals surface area contributed by atoms with Gasteiger partial charge in [-0.25, -0.2) is 4.79 Å². The lowest BCUT2D eigenvalue weighted by Gasteiger charge is -2.37. The molecule has 0 fully saturated rings. The molecule has 0 radical (unpaired) electrons. The number of carboxylic acid groups (broad SMARTS) is 1. The van der Waals surface area contributed by atoms with Crippen molar-refractivity contribution in [3.8, 4) is 5.75 Å². The first kappa shape index (κ1) is 18.0. The monoisotopic (exact) mass is 321 g/mol. The van der Waals surface area contributed by atoms with Crippen LogP contribution in [0.2, 0.25) is 18.1 Å². The lowest BCUT2D eigenvalue weighted by atomic mass is 10.2. The maximum Gasteiger partial charge on any atom is 0.335 e. The van der Waals surface area contributed by atoms with Gasteiger partial charge in [-0.2, -0.15) is 0 Å². The highest BCUT2D eigenvalue weighted by Gasteiger charge is 2.39. The third-order valence-electron chi connectivity index (χ3n) is 3.84. The molecule has 1 aromatic rings. The van der Waals surface area contributed by atoms with Crippen LogP contribution in [0.15, 0.2) is 30.9 Å². The Bertz CT molecular complexity index is 603. The predicted octanol–water partition coefficient (Wildman–Crippen LogP) is 3.89. The number of aromatic carboxylic acids is 1. The van der Waals surface area contributed by atoms with Crippen LogP contribution in [-0.2, 0) is 4.79 Å². The minimum absolute atomic E-state index is 0.0157. The quantitative estimate of drug-likeness (QED) is 0.637. The van der Waals surface area contributed by atoms with Crippen molar-refractivity contribution in [2.24, 2.45) is 0 Å². The van der Waals surface area contributed by atoms with Crippen molar-refractivity contribution < 1.29 is 19.1 Å². The van der Waals surface area contributed by atoms with Gasteiger partial charge in [0, 0.05) is 0 Å². The van der Waals surface area contributed by atoms with Gasteiger partial charge >= 0.3 is 5.97 Å². The Labute approximate surface area is 132 Å². The largest absolute Gasteiger partial charge is 0.542 e. The third kappa shape index (κ3) is 4.21. The van der Waals surface area contributed by atoms with E-state index in [4.69, 9.17) is 9.53 Å². The molecular weight excluding hydrogens is 298 g/mol. The number of anilines is 1. The minimum atomic E-state index is -2.11. The highest BCUT2D eigenvalue weighted by Crippen LogP contribution is 2.39. The van der Waals surface area contributed by atoms with E-state index >= 15 is 0 Å². The maximum absolute atomic E-state index is 11.6. The van der Waals surface area contributed by atoms with Crippen LogP contribution < -0.4 is 9.74 Å². The molecule has 0 saturated carbocycles. The van der Waals surface area contributed by atoms with Crippen LogP contribution in [0.25, 0.3) is 0 Å². The van der Waals surface area contributed by atoms with Crippen LogP contribution in [0.4, 0.5) is 5.69 Å². The summed E-state index contributed by atoms with van der Waals surface area (Å²) in [7, 11) is -2.11. The van der Waals surface area contributed by atoms with Crippen LogP contribution in [0.1, 0.15) is 31.1 Å². The number of rotatable bonds is 5. The van der Waals surface area contributed by atoms with Gasteiger partial charge < -0.3 is 14.8 Å². The zero-order valence-corrected chi connectivity index (χ0v) is 14.7. The van der Waals surface area contributed by atoms with Gasteiger partial charge in [0.1, 0.15) is 5.75 Å². The average Bonchev–Trinajstić information content (AvgIpc) is 2.38. The van der Waals surface area contributed by atoms with Crippen molar-refractivity contribution in [1.82, 2.24) is 0 Å². The van der Waals surface area contributed by atoms with Crippen LogP contribution in [0, 0.1) is 0 Å². The number of hydrogen-bond donors (Lipinski definition) is 2. The molecule has 0 aliphatic heterocycles. The molecule has 5 nitrogen and oxygen atoms in total. The van der Waals surface area contributed by atoms with Gasteiger partial charge in [0.25, 0.3) is 8.32 Å². The fourth-order valence-electron chi connectivity index (χ4n) is 1.46. The second-order valence-corrected chi connectivity index (χ2v) is 11.3. The van der Waals surface area contributed by atoms with Gasteiger partial charge in [0.2, 0.25) is 5.91 Å². The summed E-state index contributed by atoms with van der Waals surface area (Å²) in [4.78, 5) is 22.7. The summed E-state index contributed by atoms with van der Waals surface area (Å²) >= 11 is 0. The molecule has 0 aliphatic carbocycles. The first-order valence-electron chi connectivity index (χ1n) is 6.98. The molecule has 2 N–H and O–H groups in total. The van der Waals surface area contributed by atoms with Crippen molar-refractivity contribution in [2.75, 3.05) is 5.32 Å². The predicted molar refractivity (Wildman–Crippen MR) is 90.1 cm³/mol. The molecule has 0 saturated heterocycles. The standard InChI is InChI=1S/C16H23NO4Si/c1-7-14(18)17-12-10-11(15(19)20)8-9-13(12)21-22(5,6)16(2,3)4/h7-10H,1H2,2-6H3,(H,17,18)(H,19,20). The van der Waals surface area contributed by atoms with Gasteiger partial charge in [-0.05, 0) is 42.4 Å². The Balaban J connectivity index is 3.25. The molecule has 0 spiro atoms. The van der Waals surface area contributed by atoms with Crippen LogP contribution in [-0.4, -0.2) is 25.3 Å². The summed E-state index contributed by atoms with van der Waals surface area (Å²) in [6.45, 7) is 13.9. The molecule has 0 aliphatic rings. The van der Waals surface area contributed by atoms with E-state index in [-0.39, 0.29) is 10.6 Å². The molecule has 1 amide bonds. The van der Waals surface area contributed by atoms with E-state index in [1.165, 1.54) is 12.1 Å². The van der Waals surface area contributed by atoms with Gasteiger partial charge in [0.15, 0.2) is 0 Å². The van der Waals surface area contributed by atoms with Crippen molar-refractivity contribution in [3.05, 3.63) is 36.4 Å². The molecule has 0 heterocycles.